The van der Waals surface area contributed by atoms with Crippen LogP contribution in [0, 0.1) is 13.8 Å². The smallest absolute Gasteiger partial charge is 0.265 e. The number of fused-ring (bicyclic) bond motifs is 1. The maximum atomic E-state index is 12.4. The van der Waals surface area contributed by atoms with Gasteiger partial charge < -0.3 is 10.1 Å². The van der Waals surface area contributed by atoms with Crippen LogP contribution in [0.3, 0.4) is 0 Å². The van der Waals surface area contributed by atoms with E-state index in [1.54, 1.807) is 6.92 Å². The van der Waals surface area contributed by atoms with E-state index in [0.717, 1.165) is 27.6 Å². The van der Waals surface area contributed by atoms with Crippen molar-refractivity contribution in [3.63, 3.8) is 0 Å². The van der Waals surface area contributed by atoms with Gasteiger partial charge in [-0.15, -0.1) is 0 Å². The van der Waals surface area contributed by atoms with Crippen LogP contribution < -0.4 is 10.1 Å². The van der Waals surface area contributed by atoms with Crippen molar-refractivity contribution in [3.05, 3.63) is 71.8 Å². The SMILES string of the molecule is Cc1cc(C)cc(NC(=O)C(C)Oc2ccc3ccccc3c2)c1. The lowest BCUT2D eigenvalue weighted by atomic mass is 10.1. The maximum Gasteiger partial charge on any atom is 0.265 e. The molecule has 1 amide bonds. The number of hydrogen-bond acceptors (Lipinski definition) is 2. The lowest BCUT2D eigenvalue weighted by Crippen LogP contribution is -2.30. The molecule has 0 saturated carbocycles. The number of amides is 1. The van der Waals surface area contributed by atoms with E-state index in [1.165, 1.54) is 0 Å². The van der Waals surface area contributed by atoms with Gasteiger partial charge in [-0.25, -0.2) is 0 Å². The predicted molar refractivity (Wildman–Crippen MR) is 98.6 cm³/mol. The number of rotatable bonds is 4. The Hall–Kier alpha value is -2.81. The molecule has 0 aromatic heterocycles. The summed E-state index contributed by atoms with van der Waals surface area (Å²) < 4.78 is 5.80. The Morgan fingerprint density at radius 2 is 1.58 bits per heavy atom. The molecule has 1 atom stereocenters. The zero-order chi connectivity index (χ0) is 17.1. The second kappa shape index (κ2) is 6.75. The Balaban J connectivity index is 1.70. The van der Waals surface area contributed by atoms with Gasteiger partial charge in [0, 0.05) is 5.69 Å². The van der Waals surface area contributed by atoms with Crippen LogP contribution in [-0.4, -0.2) is 12.0 Å². The summed E-state index contributed by atoms with van der Waals surface area (Å²) in [7, 11) is 0. The zero-order valence-corrected chi connectivity index (χ0v) is 14.2. The molecule has 3 nitrogen and oxygen atoms in total. The molecule has 1 N–H and O–H groups in total. The molecule has 0 heterocycles. The molecule has 122 valence electrons. The van der Waals surface area contributed by atoms with Crippen molar-refractivity contribution in [3.8, 4) is 5.75 Å². The Morgan fingerprint density at radius 3 is 2.29 bits per heavy atom. The van der Waals surface area contributed by atoms with E-state index < -0.39 is 6.10 Å². The molecule has 3 aromatic carbocycles. The monoisotopic (exact) mass is 319 g/mol. The molecule has 0 radical (unpaired) electrons. The van der Waals surface area contributed by atoms with Crippen molar-refractivity contribution in [1.82, 2.24) is 0 Å². The summed E-state index contributed by atoms with van der Waals surface area (Å²) in [5, 5.41) is 5.16. The molecule has 24 heavy (non-hydrogen) atoms. The van der Waals surface area contributed by atoms with Crippen LogP contribution in [0.1, 0.15) is 18.1 Å². The van der Waals surface area contributed by atoms with Gasteiger partial charge in [-0.2, -0.15) is 0 Å². The van der Waals surface area contributed by atoms with E-state index in [9.17, 15) is 4.79 Å². The van der Waals surface area contributed by atoms with E-state index in [4.69, 9.17) is 4.74 Å². The molecule has 3 heteroatoms. The number of nitrogens with one attached hydrogen (secondary N) is 1. The van der Waals surface area contributed by atoms with Crippen LogP contribution in [-0.2, 0) is 4.79 Å². The van der Waals surface area contributed by atoms with Gasteiger partial charge in [0.05, 0.1) is 0 Å². The highest BCUT2D eigenvalue weighted by Crippen LogP contribution is 2.22. The first kappa shape index (κ1) is 16.1. The Bertz CT molecular complexity index is 866. The summed E-state index contributed by atoms with van der Waals surface area (Å²) in [6.45, 7) is 5.78. The fourth-order valence-corrected chi connectivity index (χ4v) is 2.79. The van der Waals surface area contributed by atoms with Gasteiger partial charge in [-0.05, 0) is 66.9 Å². The highest BCUT2D eigenvalue weighted by atomic mass is 16.5. The summed E-state index contributed by atoms with van der Waals surface area (Å²) in [6, 6.07) is 19.9. The Morgan fingerprint density at radius 1 is 0.917 bits per heavy atom. The minimum atomic E-state index is -0.577. The molecule has 0 aliphatic carbocycles. The highest BCUT2D eigenvalue weighted by molar-refractivity contribution is 5.94. The molecule has 0 aliphatic heterocycles. The van der Waals surface area contributed by atoms with Crippen LogP contribution in [0.25, 0.3) is 10.8 Å². The molecule has 0 aliphatic rings. The fourth-order valence-electron chi connectivity index (χ4n) is 2.79. The average molecular weight is 319 g/mol. The normalized spacial score (nSPS) is 12.0. The highest BCUT2D eigenvalue weighted by Gasteiger charge is 2.15. The van der Waals surface area contributed by atoms with E-state index >= 15 is 0 Å². The van der Waals surface area contributed by atoms with Crippen molar-refractivity contribution in [2.45, 2.75) is 26.9 Å². The zero-order valence-electron chi connectivity index (χ0n) is 14.2. The average Bonchev–Trinajstić information content (AvgIpc) is 2.53. The van der Waals surface area contributed by atoms with Crippen LogP contribution in [0.5, 0.6) is 5.75 Å². The van der Waals surface area contributed by atoms with Crippen molar-refractivity contribution in [1.29, 1.82) is 0 Å². The number of anilines is 1. The van der Waals surface area contributed by atoms with Crippen LogP contribution in [0.2, 0.25) is 0 Å². The first-order chi connectivity index (χ1) is 11.5. The third-order valence-electron chi connectivity index (χ3n) is 3.89. The topological polar surface area (TPSA) is 38.3 Å². The first-order valence-corrected chi connectivity index (χ1v) is 8.06. The van der Waals surface area contributed by atoms with Gasteiger partial charge in [-0.3, -0.25) is 4.79 Å². The molecule has 0 spiro atoms. The number of hydrogen-bond donors (Lipinski definition) is 1. The van der Waals surface area contributed by atoms with E-state index in [0.29, 0.717) is 5.75 Å². The van der Waals surface area contributed by atoms with Crippen molar-refractivity contribution in [2.75, 3.05) is 5.32 Å². The largest absolute Gasteiger partial charge is 0.481 e. The van der Waals surface area contributed by atoms with Crippen molar-refractivity contribution >= 4 is 22.4 Å². The minimum Gasteiger partial charge on any atom is -0.481 e. The fraction of sp³-hybridized carbons (Fsp3) is 0.190. The number of benzene rings is 3. The van der Waals surface area contributed by atoms with E-state index in [2.05, 4.69) is 17.4 Å². The van der Waals surface area contributed by atoms with Crippen molar-refractivity contribution < 1.29 is 9.53 Å². The van der Waals surface area contributed by atoms with Gasteiger partial charge in [0.25, 0.3) is 5.91 Å². The molecule has 0 bridgehead atoms. The molecule has 0 fully saturated rings. The Labute approximate surface area is 142 Å². The van der Waals surface area contributed by atoms with E-state index in [1.807, 2.05) is 62.4 Å². The predicted octanol–water partition coefficient (Wildman–Crippen LogP) is 4.86. The summed E-state index contributed by atoms with van der Waals surface area (Å²) in [4.78, 5) is 12.4. The molecular formula is C21H21NO2. The summed E-state index contributed by atoms with van der Waals surface area (Å²) >= 11 is 0. The van der Waals surface area contributed by atoms with E-state index in [-0.39, 0.29) is 5.91 Å². The molecule has 3 aromatic rings. The molecular weight excluding hydrogens is 298 g/mol. The Kier molecular flexibility index (Phi) is 4.52. The first-order valence-electron chi connectivity index (χ1n) is 8.06. The third kappa shape index (κ3) is 3.74. The maximum absolute atomic E-state index is 12.4. The van der Waals surface area contributed by atoms with Gasteiger partial charge >= 0.3 is 0 Å². The van der Waals surface area contributed by atoms with Crippen molar-refractivity contribution in [2.24, 2.45) is 0 Å². The second-order valence-electron chi connectivity index (χ2n) is 6.13. The number of ether oxygens (including phenoxy) is 1. The lowest BCUT2D eigenvalue weighted by molar-refractivity contribution is -0.122. The number of carbonyl (C=O) groups is 1. The molecule has 0 saturated heterocycles. The van der Waals surface area contributed by atoms with Gasteiger partial charge in [0.15, 0.2) is 6.10 Å². The summed E-state index contributed by atoms with van der Waals surface area (Å²) in [5.41, 5.74) is 3.04. The minimum absolute atomic E-state index is 0.159. The van der Waals surface area contributed by atoms with Crippen LogP contribution >= 0.6 is 0 Å². The van der Waals surface area contributed by atoms with Gasteiger partial charge in [0.1, 0.15) is 5.75 Å². The summed E-state index contributed by atoms with van der Waals surface area (Å²) in [6.07, 6.45) is -0.577. The van der Waals surface area contributed by atoms with Gasteiger partial charge in [0.2, 0.25) is 0 Å². The standard InChI is InChI=1S/C21H21NO2/c1-14-10-15(2)12-19(11-14)22-21(23)16(3)24-20-9-8-17-6-4-5-7-18(17)13-20/h4-13,16H,1-3H3,(H,22,23). The molecule has 1 unspecified atom stereocenters. The second-order valence-corrected chi connectivity index (χ2v) is 6.13. The number of aryl methyl sites for hydroxylation is 2. The van der Waals surface area contributed by atoms with Gasteiger partial charge in [-0.1, -0.05) is 36.4 Å². The third-order valence-corrected chi connectivity index (χ3v) is 3.89. The molecule has 3 rings (SSSR count). The number of carbonyl (C=O) groups excluding carboxylic acids is 1. The van der Waals surface area contributed by atoms with Crippen LogP contribution in [0.4, 0.5) is 5.69 Å². The lowest BCUT2D eigenvalue weighted by Gasteiger charge is -2.16. The summed E-state index contributed by atoms with van der Waals surface area (Å²) in [5.74, 6) is 0.532. The van der Waals surface area contributed by atoms with Crippen LogP contribution in [0.15, 0.2) is 60.7 Å². The quantitative estimate of drug-likeness (QED) is 0.745.